The van der Waals surface area contributed by atoms with E-state index < -0.39 is 29.6 Å². The van der Waals surface area contributed by atoms with Gasteiger partial charge in [-0.05, 0) is 55.7 Å². The highest BCUT2D eigenvalue weighted by atomic mass is 19.4. The van der Waals surface area contributed by atoms with Crippen molar-refractivity contribution in [2.45, 2.75) is 31.5 Å². The van der Waals surface area contributed by atoms with Crippen LogP contribution in [-0.4, -0.2) is 27.6 Å². The number of urea groups is 1. The third kappa shape index (κ3) is 4.52. The zero-order valence-electron chi connectivity index (χ0n) is 16.2. The Balaban J connectivity index is 1.56. The van der Waals surface area contributed by atoms with Crippen LogP contribution in [0.2, 0.25) is 0 Å². The minimum atomic E-state index is -4.60. The van der Waals surface area contributed by atoms with Crippen molar-refractivity contribution in [2.75, 3.05) is 11.9 Å². The number of carbonyl (C=O) groups is 1. The molecule has 162 valence electrons. The van der Waals surface area contributed by atoms with Crippen LogP contribution in [-0.2, 0) is 6.18 Å². The van der Waals surface area contributed by atoms with Crippen molar-refractivity contribution < 1.29 is 26.9 Å². The van der Waals surface area contributed by atoms with Crippen molar-refractivity contribution in [3.8, 4) is 11.4 Å². The molecule has 0 bridgehead atoms. The number of likely N-dealkylation sites (tertiary alicyclic amines) is 1. The first kappa shape index (κ1) is 20.8. The molecule has 0 saturated carbocycles. The lowest BCUT2D eigenvalue weighted by atomic mass is 10.0. The Bertz CT molecular complexity index is 1070. The van der Waals surface area contributed by atoms with Crippen molar-refractivity contribution >= 4 is 11.7 Å². The topological polar surface area (TPSA) is 71.3 Å². The number of halogens is 4. The molecule has 1 unspecified atom stereocenters. The first-order valence-electron chi connectivity index (χ1n) is 9.66. The SMILES string of the molecule is O=C(Nc1ccccc1C(F)(F)F)N1CCCCC1c1nc(-c2ccc(F)cc2)no1. The number of aromatic nitrogens is 2. The normalized spacial score (nSPS) is 16.9. The Kier molecular flexibility index (Phi) is 5.62. The number of alkyl halides is 3. The van der Waals surface area contributed by atoms with Gasteiger partial charge in [0.05, 0.1) is 11.3 Å². The fourth-order valence-electron chi connectivity index (χ4n) is 3.54. The van der Waals surface area contributed by atoms with E-state index in [0.29, 0.717) is 24.9 Å². The zero-order valence-corrected chi connectivity index (χ0v) is 16.2. The van der Waals surface area contributed by atoms with Gasteiger partial charge in [0.2, 0.25) is 11.7 Å². The van der Waals surface area contributed by atoms with Crippen LogP contribution in [0.15, 0.2) is 53.1 Å². The van der Waals surface area contributed by atoms with E-state index >= 15 is 0 Å². The number of amides is 2. The van der Waals surface area contributed by atoms with E-state index in [1.807, 2.05) is 0 Å². The van der Waals surface area contributed by atoms with E-state index in [1.165, 1.54) is 47.4 Å². The van der Waals surface area contributed by atoms with Gasteiger partial charge in [0, 0.05) is 12.1 Å². The number of hydrogen-bond acceptors (Lipinski definition) is 4. The molecule has 1 N–H and O–H groups in total. The van der Waals surface area contributed by atoms with Crippen molar-refractivity contribution in [3.05, 3.63) is 65.8 Å². The summed E-state index contributed by atoms with van der Waals surface area (Å²) < 4.78 is 58.2. The zero-order chi connectivity index (χ0) is 22.0. The molecule has 1 aliphatic rings. The van der Waals surface area contributed by atoms with E-state index in [4.69, 9.17) is 4.52 Å². The number of piperidine rings is 1. The van der Waals surface area contributed by atoms with Crippen molar-refractivity contribution in [1.82, 2.24) is 15.0 Å². The monoisotopic (exact) mass is 434 g/mol. The molecule has 1 saturated heterocycles. The second kappa shape index (κ2) is 8.37. The van der Waals surface area contributed by atoms with E-state index in [2.05, 4.69) is 15.5 Å². The number of anilines is 1. The molecule has 2 amide bonds. The molecule has 6 nitrogen and oxygen atoms in total. The summed E-state index contributed by atoms with van der Waals surface area (Å²) in [5, 5.41) is 6.27. The van der Waals surface area contributed by atoms with Crippen LogP contribution in [0, 0.1) is 5.82 Å². The molecule has 1 aromatic heterocycles. The minimum absolute atomic E-state index is 0.179. The van der Waals surface area contributed by atoms with Gasteiger partial charge in [0.15, 0.2) is 0 Å². The molecule has 10 heteroatoms. The number of rotatable bonds is 3. The molecule has 3 aromatic rings. The van der Waals surface area contributed by atoms with Crippen LogP contribution in [0.1, 0.15) is 36.8 Å². The van der Waals surface area contributed by atoms with Crippen LogP contribution in [0.3, 0.4) is 0 Å². The van der Waals surface area contributed by atoms with Gasteiger partial charge in [-0.1, -0.05) is 17.3 Å². The smallest absolute Gasteiger partial charge is 0.337 e. The van der Waals surface area contributed by atoms with Gasteiger partial charge in [0.25, 0.3) is 0 Å². The third-order valence-electron chi connectivity index (χ3n) is 5.07. The summed E-state index contributed by atoms with van der Waals surface area (Å²) in [6.07, 6.45) is -2.58. The average molecular weight is 434 g/mol. The summed E-state index contributed by atoms with van der Waals surface area (Å²) >= 11 is 0. The van der Waals surface area contributed by atoms with Crippen molar-refractivity contribution in [3.63, 3.8) is 0 Å². The quantitative estimate of drug-likeness (QED) is 0.541. The predicted molar refractivity (Wildman–Crippen MR) is 103 cm³/mol. The summed E-state index contributed by atoms with van der Waals surface area (Å²) in [5.41, 5.74) is -0.697. The average Bonchev–Trinajstić information content (AvgIpc) is 3.24. The molecule has 2 heterocycles. The molecule has 1 fully saturated rings. The molecule has 4 rings (SSSR count). The maximum atomic E-state index is 13.2. The third-order valence-corrected chi connectivity index (χ3v) is 5.07. The number of nitrogens with one attached hydrogen (secondary N) is 1. The largest absolute Gasteiger partial charge is 0.418 e. The second-order valence-corrected chi connectivity index (χ2v) is 7.14. The number of nitrogens with zero attached hydrogens (tertiary/aromatic N) is 3. The van der Waals surface area contributed by atoms with Crippen LogP contribution >= 0.6 is 0 Å². The summed E-state index contributed by atoms with van der Waals surface area (Å²) in [7, 11) is 0. The van der Waals surface area contributed by atoms with Crippen LogP contribution < -0.4 is 5.32 Å². The standard InChI is InChI=1S/C21H18F4N4O2/c22-14-10-8-13(9-11-14)18-27-19(31-28-18)17-7-3-4-12-29(17)20(30)26-16-6-2-1-5-15(16)21(23,24)25/h1-2,5-6,8-11,17H,3-4,7,12H2,(H,26,30). The Morgan fingerprint density at radius 3 is 2.58 bits per heavy atom. The van der Waals surface area contributed by atoms with E-state index in [9.17, 15) is 22.4 Å². The summed E-state index contributed by atoms with van der Waals surface area (Å²) in [6.45, 7) is 0.332. The molecule has 0 aliphatic carbocycles. The number of para-hydroxylation sites is 1. The molecular formula is C21H18F4N4O2. The number of carbonyl (C=O) groups excluding carboxylic acids is 1. The lowest BCUT2D eigenvalue weighted by Gasteiger charge is -2.33. The second-order valence-electron chi connectivity index (χ2n) is 7.14. The van der Waals surface area contributed by atoms with Gasteiger partial charge < -0.3 is 14.7 Å². The highest BCUT2D eigenvalue weighted by molar-refractivity contribution is 5.90. The van der Waals surface area contributed by atoms with Gasteiger partial charge in [-0.2, -0.15) is 18.2 Å². The van der Waals surface area contributed by atoms with Crippen molar-refractivity contribution in [1.29, 1.82) is 0 Å². The summed E-state index contributed by atoms with van der Waals surface area (Å²) in [6, 6.07) is 9.09. The Labute approximate surface area is 174 Å². The number of benzene rings is 2. The molecular weight excluding hydrogens is 416 g/mol. The maximum Gasteiger partial charge on any atom is 0.418 e. The fraction of sp³-hybridized carbons (Fsp3) is 0.286. The molecule has 2 aromatic carbocycles. The summed E-state index contributed by atoms with van der Waals surface area (Å²) in [4.78, 5) is 18.6. The van der Waals surface area contributed by atoms with Crippen LogP contribution in [0.25, 0.3) is 11.4 Å². The van der Waals surface area contributed by atoms with E-state index in [0.717, 1.165) is 12.5 Å². The van der Waals surface area contributed by atoms with Crippen molar-refractivity contribution in [2.24, 2.45) is 0 Å². The molecule has 31 heavy (non-hydrogen) atoms. The molecule has 0 radical (unpaired) electrons. The lowest BCUT2D eigenvalue weighted by Crippen LogP contribution is -2.41. The first-order valence-corrected chi connectivity index (χ1v) is 9.66. The van der Waals surface area contributed by atoms with Gasteiger partial charge >= 0.3 is 12.2 Å². The summed E-state index contributed by atoms with van der Waals surface area (Å²) in [5.74, 6) is 0.0170. The Morgan fingerprint density at radius 1 is 1.10 bits per heavy atom. The minimum Gasteiger partial charge on any atom is -0.337 e. The molecule has 1 atom stereocenters. The number of hydrogen-bond donors (Lipinski definition) is 1. The Hall–Kier alpha value is -3.43. The fourth-order valence-corrected chi connectivity index (χ4v) is 3.54. The van der Waals surface area contributed by atoms with Gasteiger partial charge in [-0.25, -0.2) is 9.18 Å². The lowest BCUT2D eigenvalue weighted by molar-refractivity contribution is -0.136. The van der Waals surface area contributed by atoms with Gasteiger partial charge in [-0.15, -0.1) is 0 Å². The van der Waals surface area contributed by atoms with E-state index in [1.54, 1.807) is 0 Å². The predicted octanol–water partition coefficient (Wildman–Crippen LogP) is 5.65. The highest BCUT2D eigenvalue weighted by Crippen LogP contribution is 2.36. The Morgan fingerprint density at radius 2 is 1.84 bits per heavy atom. The van der Waals surface area contributed by atoms with Crippen LogP contribution in [0.4, 0.5) is 28.0 Å². The van der Waals surface area contributed by atoms with Crippen LogP contribution in [0.5, 0.6) is 0 Å². The highest BCUT2D eigenvalue weighted by Gasteiger charge is 2.36. The first-order chi connectivity index (χ1) is 14.8. The van der Waals surface area contributed by atoms with Gasteiger partial charge in [0.1, 0.15) is 11.9 Å². The maximum absolute atomic E-state index is 13.2. The van der Waals surface area contributed by atoms with Gasteiger partial charge in [-0.3, -0.25) is 0 Å². The molecule has 1 aliphatic heterocycles. The molecule has 0 spiro atoms. The van der Waals surface area contributed by atoms with E-state index in [-0.39, 0.29) is 17.4 Å².